The highest BCUT2D eigenvalue weighted by Crippen LogP contribution is 2.36. The Kier molecular flexibility index (Phi) is 3.98. The Balaban J connectivity index is 3.31. The van der Waals surface area contributed by atoms with E-state index in [0.717, 1.165) is 0 Å². The molecule has 0 saturated heterocycles. The molecule has 2 N–H and O–H groups in total. The molecule has 0 fully saturated rings. The van der Waals surface area contributed by atoms with Crippen molar-refractivity contribution in [3.63, 3.8) is 0 Å². The molecule has 0 aliphatic heterocycles. The first-order chi connectivity index (χ1) is 7.51. The molecule has 0 aromatic heterocycles. The van der Waals surface area contributed by atoms with E-state index in [2.05, 4.69) is 0 Å². The second-order valence-electron chi connectivity index (χ2n) is 2.97. The number of aliphatic hydroxyl groups excluding tert-OH is 1. The highest BCUT2D eigenvalue weighted by molar-refractivity contribution is 6.32. The average molecular weight is 247 g/mol. The highest BCUT2D eigenvalue weighted by Gasteiger charge is 2.24. The van der Waals surface area contributed by atoms with E-state index in [1.807, 2.05) is 0 Å². The molecule has 0 aliphatic carbocycles. The summed E-state index contributed by atoms with van der Waals surface area (Å²) >= 11 is 5.85. The Morgan fingerprint density at radius 3 is 2.44 bits per heavy atom. The number of carboxylic acid groups (broad SMARTS) is 1. The van der Waals surface area contributed by atoms with E-state index in [-0.39, 0.29) is 16.3 Å². The zero-order valence-electron chi connectivity index (χ0n) is 8.73. The third-order valence-electron chi connectivity index (χ3n) is 2.03. The molecule has 0 spiro atoms. The summed E-state index contributed by atoms with van der Waals surface area (Å²) in [5, 5.41) is 18.2. The molecule has 0 aliphatic rings. The highest BCUT2D eigenvalue weighted by atomic mass is 35.5. The van der Waals surface area contributed by atoms with Gasteiger partial charge in [0.05, 0.1) is 24.8 Å². The number of halogens is 1. The van der Waals surface area contributed by atoms with Gasteiger partial charge in [-0.2, -0.15) is 0 Å². The second-order valence-corrected chi connectivity index (χ2v) is 3.37. The molecular formula is C10H11ClO5. The van der Waals surface area contributed by atoms with Crippen LogP contribution in [0.2, 0.25) is 5.02 Å². The SMILES string of the molecule is COc1cc(Cl)c(C(O)C(=O)O)c(OC)c1. The van der Waals surface area contributed by atoms with E-state index < -0.39 is 12.1 Å². The topological polar surface area (TPSA) is 76.0 Å². The lowest BCUT2D eigenvalue weighted by molar-refractivity contribution is -0.147. The van der Waals surface area contributed by atoms with Crippen molar-refractivity contribution in [1.29, 1.82) is 0 Å². The van der Waals surface area contributed by atoms with Crippen LogP contribution in [0.1, 0.15) is 11.7 Å². The number of hydrogen-bond donors (Lipinski definition) is 2. The lowest BCUT2D eigenvalue weighted by Gasteiger charge is -2.14. The molecule has 0 heterocycles. The summed E-state index contributed by atoms with van der Waals surface area (Å²) in [4.78, 5) is 10.7. The molecule has 0 amide bonds. The molecule has 16 heavy (non-hydrogen) atoms. The molecule has 0 saturated carbocycles. The van der Waals surface area contributed by atoms with Crippen LogP contribution >= 0.6 is 11.6 Å². The van der Waals surface area contributed by atoms with Gasteiger partial charge >= 0.3 is 5.97 Å². The first kappa shape index (κ1) is 12.6. The maximum atomic E-state index is 10.7. The summed E-state index contributed by atoms with van der Waals surface area (Å²) in [7, 11) is 2.79. The van der Waals surface area contributed by atoms with Crippen LogP contribution in [0.4, 0.5) is 0 Å². The van der Waals surface area contributed by atoms with Crippen molar-refractivity contribution < 1.29 is 24.5 Å². The molecule has 1 atom stereocenters. The van der Waals surface area contributed by atoms with Gasteiger partial charge in [0, 0.05) is 6.07 Å². The summed E-state index contributed by atoms with van der Waals surface area (Å²) in [6, 6.07) is 2.86. The van der Waals surface area contributed by atoms with Crippen molar-refractivity contribution in [3.8, 4) is 11.5 Å². The quantitative estimate of drug-likeness (QED) is 0.842. The third-order valence-corrected chi connectivity index (χ3v) is 2.34. The van der Waals surface area contributed by atoms with Crippen molar-refractivity contribution in [1.82, 2.24) is 0 Å². The van der Waals surface area contributed by atoms with Crippen LogP contribution in [-0.2, 0) is 4.79 Å². The molecule has 1 rings (SSSR count). The lowest BCUT2D eigenvalue weighted by Crippen LogP contribution is -2.12. The van der Waals surface area contributed by atoms with E-state index in [4.69, 9.17) is 26.2 Å². The summed E-state index contributed by atoms with van der Waals surface area (Å²) < 4.78 is 9.89. The molecule has 0 bridgehead atoms. The summed E-state index contributed by atoms with van der Waals surface area (Å²) in [6.07, 6.45) is -1.73. The number of ether oxygens (including phenoxy) is 2. The van der Waals surface area contributed by atoms with Gasteiger partial charge in [0.25, 0.3) is 0 Å². The fraction of sp³-hybridized carbons (Fsp3) is 0.300. The maximum Gasteiger partial charge on any atom is 0.337 e. The lowest BCUT2D eigenvalue weighted by atomic mass is 10.1. The normalized spacial score (nSPS) is 12.0. The van der Waals surface area contributed by atoms with Gasteiger partial charge in [-0.15, -0.1) is 0 Å². The van der Waals surface area contributed by atoms with Crippen LogP contribution < -0.4 is 9.47 Å². The minimum Gasteiger partial charge on any atom is -0.497 e. The molecule has 6 heteroatoms. The van der Waals surface area contributed by atoms with E-state index in [1.54, 1.807) is 0 Å². The van der Waals surface area contributed by atoms with E-state index in [1.165, 1.54) is 26.4 Å². The van der Waals surface area contributed by atoms with Crippen LogP contribution in [0.25, 0.3) is 0 Å². The minimum atomic E-state index is -1.73. The summed E-state index contributed by atoms with van der Waals surface area (Å²) in [5.74, 6) is -0.812. The second kappa shape index (κ2) is 5.05. The van der Waals surface area contributed by atoms with Crippen LogP contribution in [-0.4, -0.2) is 30.4 Å². The number of hydrogen-bond acceptors (Lipinski definition) is 4. The maximum absolute atomic E-state index is 10.7. The molecule has 5 nitrogen and oxygen atoms in total. The van der Waals surface area contributed by atoms with Gasteiger partial charge in [-0.05, 0) is 6.07 Å². The number of aliphatic carboxylic acids is 1. The van der Waals surface area contributed by atoms with Crippen LogP contribution in [0.5, 0.6) is 11.5 Å². The first-order valence-corrected chi connectivity index (χ1v) is 4.71. The van der Waals surface area contributed by atoms with Crippen molar-refractivity contribution in [2.75, 3.05) is 14.2 Å². The minimum absolute atomic E-state index is 0.0115. The summed E-state index contributed by atoms with van der Waals surface area (Å²) in [6.45, 7) is 0. The third kappa shape index (κ3) is 2.37. The van der Waals surface area contributed by atoms with E-state index >= 15 is 0 Å². The van der Waals surface area contributed by atoms with Gasteiger partial charge in [-0.1, -0.05) is 11.6 Å². The number of aliphatic hydroxyl groups is 1. The zero-order chi connectivity index (χ0) is 12.3. The van der Waals surface area contributed by atoms with Crippen LogP contribution in [0, 0.1) is 0 Å². The van der Waals surface area contributed by atoms with Gasteiger partial charge in [0.2, 0.25) is 0 Å². The zero-order valence-corrected chi connectivity index (χ0v) is 9.49. The Morgan fingerprint density at radius 2 is 2.00 bits per heavy atom. The molecule has 1 aromatic rings. The van der Waals surface area contributed by atoms with E-state index in [0.29, 0.717) is 5.75 Å². The van der Waals surface area contributed by atoms with Gasteiger partial charge in [0.1, 0.15) is 11.5 Å². The number of benzene rings is 1. The Bertz CT molecular complexity index is 404. The fourth-order valence-corrected chi connectivity index (χ4v) is 1.55. The largest absolute Gasteiger partial charge is 0.497 e. The molecule has 1 unspecified atom stereocenters. The Hall–Kier alpha value is -1.46. The van der Waals surface area contributed by atoms with Gasteiger partial charge in [0.15, 0.2) is 6.10 Å². The molecule has 88 valence electrons. The number of methoxy groups -OCH3 is 2. The number of rotatable bonds is 4. The molecular weight excluding hydrogens is 236 g/mol. The van der Waals surface area contributed by atoms with Crippen LogP contribution in [0.15, 0.2) is 12.1 Å². The predicted octanol–water partition coefficient (Wildman–Crippen LogP) is 1.48. The Morgan fingerprint density at radius 1 is 1.38 bits per heavy atom. The van der Waals surface area contributed by atoms with Crippen molar-refractivity contribution in [3.05, 3.63) is 22.7 Å². The van der Waals surface area contributed by atoms with Gasteiger partial charge < -0.3 is 19.7 Å². The molecule has 1 aromatic carbocycles. The van der Waals surface area contributed by atoms with Gasteiger partial charge in [-0.25, -0.2) is 4.79 Å². The monoisotopic (exact) mass is 246 g/mol. The smallest absolute Gasteiger partial charge is 0.337 e. The van der Waals surface area contributed by atoms with E-state index in [9.17, 15) is 9.90 Å². The average Bonchev–Trinajstić information content (AvgIpc) is 2.26. The number of carboxylic acids is 1. The van der Waals surface area contributed by atoms with Gasteiger partial charge in [-0.3, -0.25) is 0 Å². The first-order valence-electron chi connectivity index (χ1n) is 4.33. The molecule has 0 radical (unpaired) electrons. The van der Waals surface area contributed by atoms with Crippen molar-refractivity contribution in [2.24, 2.45) is 0 Å². The fourth-order valence-electron chi connectivity index (χ4n) is 1.24. The van der Waals surface area contributed by atoms with Crippen molar-refractivity contribution >= 4 is 17.6 Å². The summed E-state index contributed by atoms with van der Waals surface area (Å²) in [5.41, 5.74) is 0.0115. The van der Waals surface area contributed by atoms with Crippen molar-refractivity contribution in [2.45, 2.75) is 6.10 Å². The Labute approximate surface area is 97.2 Å². The standard InChI is InChI=1S/C10H11ClO5/c1-15-5-3-6(11)8(7(4-5)16-2)9(12)10(13)14/h3-4,9,12H,1-2H3,(H,13,14). The number of carbonyl (C=O) groups is 1. The predicted molar refractivity (Wildman–Crippen MR) is 57.2 cm³/mol. The van der Waals surface area contributed by atoms with Crippen LogP contribution in [0.3, 0.4) is 0 Å².